The van der Waals surface area contributed by atoms with Crippen molar-refractivity contribution in [2.45, 2.75) is 6.92 Å². The highest BCUT2D eigenvalue weighted by Gasteiger charge is 2.19. The van der Waals surface area contributed by atoms with E-state index in [1.54, 1.807) is 33.2 Å². The molecule has 19 heavy (non-hydrogen) atoms. The summed E-state index contributed by atoms with van der Waals surface area (Å²) in [4.78, 5) is 23.5. The van der Waals surface area contributed by atoms with Gasteiger partial charge in [-0.3, -0.25) is 4.79 Å². The van der Waals surface area contributed by atoms with Gasteiger partial charge in [-0.05, 0) is 6.92 Å². The van der Waals surface area contributed by atoms with Gasteiger partial charge in [0.05, 0.1) is 13.7 Å². The van der Waals surface area contributed by atoms with Gasteiger partial charge in [-0.25, -0.2) is 9.97 Å². The number of amides is 1. The Labute approximate surface area is 113 Å². The van der Waals surface area contributed by atoms with E-state index in [2.05, 4.69) is 15.3 Å². The Morgan fingerprint density at radius 1 is 1.42 bits per heavy atom. The first-order chi connectivity index (χ1) is 9.04. The van der Waals surface area contributed by atoms with Crippen molar-refractivity contribution in [3.05, 3.63) is 6.33 Å². The second-order valence-corrected chi connectivity index (χ2v) is 4.13. The molecule has 0 aliphatic carbocycles. The Morgan fingerprint density at radius 2 is 2.11 bits per heavy atom. The topological polar surface area (TPSA) is 70.6 Å². The van der Waals surface area contributed by atoms with Crippen molar-refractivity contribution in [3.63, 3.8) is 0 Å². The van der Waals surface area contributed by atoms with Crippen molar-refractivity contribution in [2.24, 2.45) is 0 Å². The van der Waals surface area contributed by atoms with Crippen molar-refractivity contribution >= 4 is 17.5 Å². The van der Waals surface area contributed by atoms with Crippen molar-refractivity contribution in [1.29, 1.82) is 0 Å². The summed E-state index contributed by atoms with van der Waals surface area (Å²) >= 11 is 0. The molecule has 0 radical (unpaired) electrons. The second-order valence-electron chi connectivity index (χ2n) is 4.13. The number of hydrogen-bond acceptors (Lipinski definition) is 6. The van der Waals surface area contributed by atoms with E-state index in [0.717, 1.165) is 0 Å². The highest BCUT2D eigenvalue weighted by Crippen LogP contribution is 2.31. The van der Waals surface area contributed by atoms with Crippen LogP contribution in [0.4, 0.5) is 11.6 Å². The molecule has 0 bridgehead atoms. The Balaban J connectivity index is 3.07. The van der Waals surface area contributed by atoms with Crippen LogP contribution in [-0.4, -0.2) is 62.1 Å². The maximum absolute atomic E-state index is 11.8. The molecule has 1 aromatic heterocycles. The molecule has 0 aliphatic rings. The molecule has 0 unspecified atom stereocenters. The largest absolute Gasteiger partial charge is 0.490 e. The number of rotatable bonds is 6. The van der Waals surface area contributed by atoms with Gasteiger partial charge in [-0.15, -0.1) is 0 Å². The number of anilines is 2. The SMILES string of the molecule is CCN(CC(=O)N(C)C)c1ncnc(NC)c1OC. The molecule has 0 aliphatic heterocycles. The molecule has 1 aromatic rings. The van der Waals surface area contributed by atoms with Gasteiger partial charge in [0.15, 0.2) is 11.6 Å². The van der Waals surface area contributed by atoms with Gasteiger partial charge in [0.1, 0.15) is 6.33 Å². The molecule has 1 heterocycles. The lowest BCUT2D eigenvalue weighted by Gasteiger charge is -2.25. The maximum atomic E-state index is 11.8. The Kier molecular flexibility index (Phi) is 5.35. The van der Waals surface area contributed by atoms with Gasteiger partial charge in [0, 0.05) is 27.7 Å². The molecule has 0 fully saturated rings. The predicted octanol–water partition coefficient (Wildman–Crippen LogP) is 0.441. The molecular weight excluding hydrogens is 246 g/mol. The maximum Gasteiger partial charge on any atom is 0.241 e. The summed E-state index contributed by atoms with van der Waals surface area (Å²) in [5.74, 6) is 1.76. The summed E-state index contributed by atoms with van der Waals surface area (Å²) in [7, 11) is 6.78. The number of nitrogens with zero attached hydrogens (tertiary/aromatic N) is 4. The quantitative estimate of drug-likeness (QED) is 0.806. The molecule has 0 saturated heterocycles. The summed E-state index contributed by atoms with van der Waals surface area (Å²) in [6, 6.07) is 0. The number of carbonyl (C=O) groups is 1. The number of hydrogen-bond donors (Lipinski definition) is 1. The lowest BCUT2D eigenvalue weighted by atomic mass is 10.3. The molecule has 0 spiro atoms. The highest BCUT2D eigenvalue weighted by atomic mass is 16.5. The lowest BCUT2D eigenvalue weighted by Crippen LogP contribution is -2.37. The molecular formula is C12H21N5O2. The summed E-state index contributed by atoms with van der Waals surface area (Å²) in [6.45, 7) is 2.86. The van der Waals surface area contributed by atoms with Crippen molar-refractivity contribution in [3.8, 4) is 5.75 Å². The van der Waals surface area contributed by atoms with Crippen LogP contribution in [0.2, 0.25) is 0 Å². The predicted molar refractivity (Wildman–Crippen MR) is 74.7 cm³/mol. The normalized spacial score (nSPS) is 9.95. The van der Waals surface area contributed by atoms with E-state index < -0.39 is 0 Å². The van der Waals surface area contributed by atoms with E-state index in [4.69, 9.17) is 4.74 Å². The summed E-state index contributed by atoms with van der Waals surface area (Å²) in [5, 5.41) is 2.94. The standard InChI is InChI=1S/C12H21N5O2/c1-6-17(7-9(18)16(3)4)12-10(19-5)11(13-2)14-8-15-12/h8H,6-7H2,1-5H3,(H,13,14,15). The first-order valence-electron chi connectivity index (χ1n) is 6.06. The minimum Gasteiger partial charge on any atom is -0.490 e. The van der Waals surface area contributed by atoms with Gasteiger partial charge < -0.3 is 19.9 Å². The van der Waals surface area contributed by atoms with Crippen LogP contribution in [0.25, 0.3) is 0 Å². The minimum absolute atomic E-state index is 0.00789. The van der Waals surface area contributed by atoms with Gasteiger partial charge in [-0.1, -0.05) is 0 Å². The van der Waals surface area contributed by atoms with Crippen LogP contribution in [0, 0.1) is 0 Å². The third kappa shape index (κ3) is 3.46. The highest BCUT2D eigenvalue weighted by molar-refractivity contribution is 5.81. The van der Waals surface area contributed by atoms with Gasteiger partial charge in [0.25, 0.3) is 0 Å². The monoisotopic (exact) mass is 267 g/mol. The number of nitrogens with one attached hydrogen (secondary N) is 1. The number of methoxy groups -OCH3 is 1. The van der Waals surface area contributed by atoms with Gasteiger partial charge >= 0.3 is 0 Å². The van der Waals surface area contributed by atoms with Crippen LogP contribution in [0.3, 0.4) is 0 Å². The van der Waals surface area contributed by atoms with Crippen LogP contribution in [-0.2, 0) is 4.79 Å². The van der Waals surface area contributed by atoms with E-state index in [1.807, 2.05) is 11.8 Å². The molecule has 1 amide bonds. The van der Waals surface area contributed by atoms with Crippen LogP contribution >= 0.6 is 0 Å². The van der Waals surface area contributed by atoms with Gasteiger partial charge in [0.2, 0.25) is 11.7 Å². The summed E-state index contributed by atoms with van der Waals surface area (Å²) in [6.07, 6.45) is 1.45. The fraction of sp³-hybridized carbons (Fsp3) is 0.583. The average molecular weight is 267 g/mol. The molecule has 1 rings (SSSR count). The van der Waals surface area contributed by atoms with Crippen molar-refractivity contribution in [1.82, 2.24) is 14.9 Å². The molecule has 1 N–H and O–H groups in total. The van der Waals surface area contributed by atoms with Crippen LogP contribution in [0.5, 0.6) is 5.75 Å². The molecule has 0 saturated carbocycles. The first kappa shape index (κ1) is 15.0. The fourth-order valence-electron chi connectivity index (χ4n) is 1.60. The molecule has 7 nitrogen and oxygen atoms in total. The van der Waals surface area contributed by atoms with E-state index in [1.165, 1.54) is 6.33 Å². The number of likely N-dealkylation sites (N-methyl/N-ethyl adjacent to an activating group) is 2. The summed E-state index contributed by atoms with van der Waals surface area (Å²) < 4.78 is 5.34. The number of carbonyl (C=O) groups excluding carboxylic acids is 1. The Morgan fingerprint density at radius 3 is 2.58 bits per heavy atom. The zero-order chi connectivity index (χ0) is 14.4. The van der Waals surface area contributed by atoms with Crippen molar-refractivity contribution in [2.75, 3.05) is 51.6 Å². The minimum atomic E-state index is 0.00789. The van der Waals surface area contributed by atoms with E-state index in [0.29, 0.717) is 23.9 Å². The number of ether oxygens (including phenoxy) is 1. The van der Waals surface area contributed by atoms with Crippen LogP contribution < -0.4 is 15.0 Å². The fourth-order valence-corrected chi connectivity index (χ4v) is 1.60. The van der Waals surface area contributed by atoms with E-state index >= 15 is 0 Å². The zero-order valence-electron chi connectivity index (χ0n) is 12.1. The lowest BCUT2D eigenvalue weighted by molar-refractivity contribution is -0.127. The number of aromatic nitrogens is 2. The molecule has 0 aromatic carbocycles. The van der Waals surface area contributed by atoms with Crippen molar-refractivity contribution < 1.29 is 9.53 Å². The van der Waals surface area contributed by atoms with Crippen LogP contribution in [0.1, 0.15) is 6.92 Å². The van der Waals surface area contributed by atoms with Crippen LogP contribution in [0.15, 0.2) is 6.33 Å². The Bertz CT molecular complexity index is 436. The average Bonchev–Trinajstić information content (AvgIpc) is 2.43. The summed E-state index contributed by atoms with van der Waals surface area (Å²) in [5.41, 5.74) is 0. The van der Waals surface area contributed by atoms with E-state index in [9.17, 15) is 4.79 Å². The van der Waals surface area contributed by atoms with E-state index in [-0.39, 0.29) is 12.5 Å². The molecule has 0 atom stereocenters. The first-order valence-corrected chi connectivity index (χ1v) is 6.06. The molecule has 106 valence electrons. The second kappa shape index (κ2) is 6.77. The smallest absolute Gasteiger partial charge is 0.241 e. The molecule has 7 heteroatoms. The Hall–Kier alpha value is -2.05. The third-order valence-corrected chi connectivity index (χ3v) is 2.73. The zero-order valence-corrected chi connectivity index (χ0v) is 12.1. The third-order valence-electron chi connectivity index (χ3n) is 2.73. The van der Waals surface area contributed by atoms with Gasteiger partial charge in [-0.2, -0.15) is 0 Å².